The maximum Gasteiger partial charge on any atom is 0.253 e. The van der Waals surface area contributed by atoms with Crippen molar-refractivity contribution >= 4 is 5.69 Å². The van der Waals surface area contributed by atoms with Gasteiger partial charge in [-0.2, -0.15) is 0 Å². The van der Waals surface area contributed by atoms with Gasteiger partial charge in [-0.3, -0.25) is 9.36 Å². The van der Waals surface area contributed by atoms with E-state index in [0.29, 0.717) is 18.8 Å². The molecular formula is C13H13N3O3. The minimum atomic E-state index is -0.113. The van der Waals surface area contributed by atoms with Gasteiger partial charge < -0.3 is 15.2 Å². The molecule has 0 saturated heterocycles. The Hall–Kier alpha value is -2.34. The molecule has 0 radical (unpaired) electrons. The zero-order chi connectivity index (χ0) is 13.2. The average Bonchev–Trinajstić information content (AvgIpc) is 2.41. The van der Waals surface area contributed by atoms with Gasteiger partial charge in [0.25, 0.3) is 5.56 Å². The Morgan fingerprint density at radius 1 is 1.42 bits per heavy atom. The van der Waals surface area contributed by atoms with Gasteiger partial charge in [0, 0.05) is 29.1 Å². The van der Waals surface area contributed by atoms with Gasteiger partial charge in [-0.15, -0.1) is 0 Å². The minimum absolute atomic E-state index is 0.113. The Balaban J connectivity index is 2.03. The van der Waals surface area contributed by atoms with Crippen molar-refractivity contribution in [1.82, 2.24) is 9.55 Å². The van der Waals surface area contributed by atoms with Gasteiger partial charge >= 0.3 is 0 Å². The maximum absolute atomic E-state index is 11.7. The van der Waals surface area contributed by atoms with E-state index >= 15 is 0 Å². The van der Waals surface area contributed by atoms with Crippen molar-refractivity contribution in [2.75, 3.05) is 12.5 Å². The van der Waals surface area contributed by atoms with E-state index in [1.165, 1.54) is 23.2 Å². The molecule has 1 aliphatic rings. The molecule has 0 aliphatic carbocycles. The van der Waals surface area contributed by atoms with Crippen molar-refractivity contribution in [2.45, 2.75) is 13.2 Å². The number of nitrogens with two attached hydrogens (primary N) is 1. The second kappa shape index (κ2) is 4.74. The summed E-state index contributed by atoms with van der Waals surface area (Å²) in [6, 6.07) is 5.05. The average molecular weight is 259 g/mol. The molecular weight excluding hydrogens is 246 g/mol. The molecule has 2 N–H and O–H groups in total. The summed E-state index contributed by atoms with van der Waals surface area (Å²) in [6.07, 6.45) is 2.97. The van der Waals surface area contributed by atoms with Crippen LogP contribution in [0, 0.1) is 0 Å². The number of fused-ring (bicyclic) bond motifs is 1. The van der Waals surface area contributed by atoms with Crippen molar-refractivity contribution < 1.29 is 9.47 Å². The number of nitrogen functional groups attached to an aromatic ring is 1. The Morgan fingerprint density at radius 3 is 3.16 bits per heavy atom. The molecule has 2 aromatic rings. The van der Waals surface area contributed by atoms with E-state index in [0.717, 1.165) is 16.9 Å². The summed E-state index contributed by atoms with van der Waals surface area (Å²) < 4.78 is 12.2. The molecule has 0 saturated carbocycles. The second-order valence-corrected chi connectivity index (χ2v) is 4.33. The largest absolute Gasteiger partial charge is 0.467 e. The molecule has 1 aromatic heterocycles. The van der Waals surface area contributed by atoms with Crippen molar-refractivity contribution in [1.29, 1.82) is 0 Å². The van der Waals surface area contributed by atoms with Crippen LogP contribution in [0.3, 0.4) is 0 Å². The van der Waals surface area contributed by atoms with Crippen molar-refractivity contribution in [3.8, 4) is 5.75 Å². The number of aromatic nitrogens is 2. The molecule has 0 unspecified atom stereocenters. The number of rotatable bonds is 2. The Bertz CT molecular complexity index is 666. The molecule has 0 fully saturated rings. The zero-order valence-corrected chi connectivity index (χ0v) is 10.2. The van der Waals surface area contributed by atoms with Crippen molar-refractivity contribution in [3.05, 3.63) is 52.2 Å². The van der Waals surface area contributed by atoms with Gasteiger partial charge in [-0.1, -0.05) is 0 Å². The molecule has 3 rings (SSSR count). The van der Waals surface area contributed by atoms with Crippen LogP contribution in [0.1, 0.15) is 11.1 Å². The molecule has 0 spiro atoms. The van der Waals surface area contributed by atoms with Crippen molar-refractivity contribution in [2.24, 2.45) is 0 Å². The number of ether oxygens (including phenoxy) is 2. The summed E-state index contributed by atoms with van der Waals surface area (Å²) in [6.45, 7) is 1.06. The first-order valence-corrected chi connectivity index (χ1v) is 5.86. The lowest BCUT2D eigenvalue weighted by atomic mass is 10.1. The van der Waals surface area contributed by atoms with E-state index in [1.54, 1.807) is 0 Å². The standard InChI is InChI=1S/C13H13N3O3/c14-11-3-9(5-16-7-15-2-1-12(16)17)13-10(4-11)6-18-8-19-13/h1-4,7H,5-6,8,14H2. The fraction of sp³-hybridized carbons (Fsp3) is 0.231. The lowest BCUT2D eigenvalue weighted by Gasteiger charge is -2.21. The SMILES string of the molecule is Nc1cc2c(c(Cn3cnccc3=O)c1)OCOC2. The normalized spacial score (nSPS) is 13.7. The van der Waals surface area contributed by atoms with Gasteiger partial charge in [-0.25, -0.2) is 4.98 Å². The molecule has 6 nitrogen and oxygen atoms in total. The van der Waals surface area contributed by atoms with Gasteiger partial charge in [0.05, 0.1) is 19.5 Å². The second-order valence-electron chi connectivity index (χ2n) is 4.33. The van der Waals surface area contributed by atoms with Crippen LogP contribution in [0.15, 0.2) is 35.5 Å². The Labute approximate surface area is 109 Å². The fourth-order valence-electron chi connectivity index (χ4n) is 2.12. The van der Waals surface area contributed by atoms with Gasteiger partial charge in [0.15, 0.2) is 6.79 Å². The third kappa shape index (κ3) is 2.30. The monoisotopic (exact) mass is 259 g/mol. The van der Waals surface area contributed by atoms with Crippen LogP contribution in [-0.4, -0.2) is 16.3 Å². The van der Waals surface area contributed by atoms with Crippen LogP contribution in [0.5, 0.6) is 5.75 Å². The minimum Gasteiger partial charge on any atom is -0.467 e. The van der Waals surface area contributed by atoms with Crippen LogP contribution < -0.4 is 16.0 Å². The number of hydrogen-bond donors (Lipinski definition) is 1. The van der Waals surface area contributed by atoms with Crippen molar-refractivity contribution in [3.63, 3.8) is 0 Å². The Kier molecular flexibility index (Phi) is 2.92. The highest BCUT2D eigenvalue weighted by Crippen LogP contribution is 2.31. The zero-order valence-electron chi connectivity index (χ0n) is 10.2. The van der Waals surface area contributed by atoms with E-state index in [1.807, 2.05) is 12.1 Å². The highest BCUT2D eigenvalue weighted by atomic mass is 16.7. The van der Waals surface area contributed by atoms with Crippen LogP contribution >= 0.6 is 0 Å². The number of benzene rings is 1. The summed E-state index contributed by atoms with van der Waals surface area (Å²) in [5, 5.41) is 0. The van der Waals surface area contributed by atoms with Crippen LogP contribution in [0.25, 0.3) is 0 Å². The molecule has 1 aromatic carbocycles. The predicted molar refractivity (Wildman–Crippen MR) is 68.7 cm³/mol. The summed E-state index contributed by atoms with van der Waals surface area (Å²) in [4.78, 5) is 15.6. The summed E-state index contributed by atoms with van der Waals surface area (Å²) in [5.41, 5.74) is 8.13. The first kappa shape index (κ1) is 11.7. The van der Waals surface area contributed by atoms with Gasteiger partial charge in [-0.05, 0) is 12.1 Å². The fourth-order valence-corrected chi connectivity index (χ4v) is 2.12. The van der Waals surface area contributed by atoms with E-state index in [-0.39, 0.29) is 12.4 Å². The smallest absolute Gasteiger partial charge is 0.253 e. The quantitative estimate of drug-likeness (QED) is 0.805. The van der Waals surface area contributed by atoms with E-state index in [2.05, 4.69) is 4.98 Å². The first-order valence-electron chi connectivity index (χ1n) is 5.86. The molecule has 0 amide bonds. The molecule has 6 heteroatoms. The first-order chi connectivity index (χ1) is 9.24. The van der Waals surface area contributed by atoms with Gasteiger partial charge in [0.2, 0.25) is 0 Å². The van der Waals surface area contributed by atoms with E-state index in [9.17, 15) is 4.79 Å². The highest BCUT2D eigenvalue weighted by molar-refractivity contribution is 5.53. The lowest BCUT2D eigenvalue weighted by molar-refractivity contribution is -0.0170. The third-order valence-corrected chi connectivity index (χ3v) is 2.94. The summed E-state index contributed by atoms with van der Waals surface area (Å²) in [5.74, 6) is 0.746. The van der Waals surface area contributed by atoms with Gasteiger partial charge in [0.1, 0.15) is 5.75 Å². The molecule has 0 bridgehead atoms. The van der Waals surface area contributed by atoms with E-state index < -0.39 is 0 Å². The molecule has 2 heterocycles. The van der Waals surface area contributed by atoms with E-state index in [4.69, 9.17) is 15.2 Å². The molecule has 1 aliphatic heterocycles. The predicted octanol–water partition coefficient (Wildman–Crippen LogP) is 0.740. The van der Waals surface area contributed by atoms with Crippen LogP contribution in [0.2, 0.25) is 0 Å². The number of anilines is 1. The summed E-state index contributed by atoms with van der Waals surface area (Å²) >= 11 is 0. The van der Waals surface area contributed by atoms with Crippen LogP contribution in [-0.2, 0) is 17.9 Å². The third-order valence-electron chi connectivity index (χ3n) is 2.94. The van der Waals surface area contributed by atoms with Crippen LogP contribution in [0.4, 0.5) is 5.69 Å². The summed E-state index contributed by atoms with van der Waals surface area (Å²) in [7, 11) is 0. The topological polar surface area (TPSA) is 79.4 Å². The molecule has 0 atom stereocenters. The Morgan fingerprint density at radius 2 is 2.32 bits per heavy atom. The highest BCUT2D eigenvalue weighted by Gasteiger charge is 2.16. The number of hydrogen-bond acceptors (Lipinski definition) is 5. The maximum atomic E-state index is 11.7. The molecule has 98 valence electrons. The lowest BCUT2D eigenvalue weighted by Crippen LogP contribution is -2.21. The number of nitrogens with zero attached hydrogens (tertiary/aromatic N) is 2. The molecule has 19 heavy (non-hydrogen) atoms.